The predicted octanol–water partition coefficient (Wildman–Crippen LogP) is 2.98. The Bertz CT molecular complexity index is 1180. The molecule has 0 aliphatic carbocycles. The third-order valence-corrected chi connectivity index (χ3v) is 6.66. The summed E-state index contributed by atoms with van der Waals surface area (Å²) in [5.74, 6) is -0.722. The molecule has 0 unspecified atom stereocenters. The van der Waals surface area contributed by atoms with Crippen molar-refractivity contribution in [2.24, 2.45) is 0 Å². The lowest BCUT2D eigenvalue weighted by atomic mass is 10.1. The number of carbonyl (C=O) groups is 1. The third-order valence-electron chi connectivity index (χ3n) is 5.28. The molecule has 0 atom stereocenters. The van der Waals surface area contributed by atoms with Crippen LogP contribution in [0.3, 0.4) is 0 Å². The molecule has 0 spiro atoms. The zero-order valence-electron chi connectivity index (χ0n) is 17.3. The largest absolute Gasteiger partial charge is 0.336 e. The van der Waals surface area contributed by atoms with Crippen molar-refractivity contribution < 1.29 is 17.6 Å². The van der Waals surface area contributed by atoms with E-state index in [-0.39, 0.29) is 10.8 Å². The van der Waals surface area contributed by atoms with Crippen molar-refractivity contribution in [3.63, 3.8) is 0 Å². The van der Waals surface area contributed by atoms with E-state index in [9.17, 15) is 17.6 Å². The summed E-state index contributed by atoms with van der Waals surface area (Å²) in [5.41, 5.74) is 1.93. The Balaban J connectivity index is 1.34. The topological polar surface area (TPSA) is 82.6 Å². The second-order valence-electron chi connectivity index (χ2n) is 7.57. The number of aromatic nitrogens is 1. The van der Waals surface area contributed by atoms with E-state index in [1.165, 1.54) is 30.3 Å². The van der Waals surface area contributed by atoms with Gasteiger partial charge < -0.3 is 4.90 Å². The van der Waals surface area contributed by atoms with Crippen molar-refractivity contribution in [2.75, 3.05) is 30.9 Å². The zero-order valence-corrected chi connectivity index (χ0v) is 18.1. The van der Waals surface area contributed by atoms with Crippen LogP contribution in [0.1, 0.15) is 15.9 Å². The summed E-state index contributed by atoms with van der Waals surface area (Å²) in [4.78, 5) is 20.9. The fraction of sp³-hybridized carbons (Fsp3) is 0.217. The molecule has 2 heterocycles. The molecular formula is C23H23FN4O3S. The Morgan fingerprint density at radius 3 is 2.41 bits per heavy atom. The van der Waals surface area contributed by atoms with Crippen molar-refractivity contribution in [2.45, 2.75) is 11.4 Å². The van der Waals surface area contributed by atoms with Gasteiger partial charge in [0.05, 0.1) is 4.90 Å². The van der Waals surface area contributed by atoms with Crippen LogP contribution >= 0.6 is 0 Å². The number of rotatable bonds is 6. The van der Waals surface area contributed by atoms with Crippen molar-refractivity contribution in [3.8, 4) is 0 Å². The number of carbonyl (C=O) groups excluding carboxylic acids is 1. The van der Waals surface area contributed by atoms with Crippen LogP contribution in [0.15, 0.2) is 78.0 Å². The Hall–Kier alpha value is -3.30. The molecule has 0 bridgehead atoms. The predicted molar refractivity (Wildman–Crippen MR) is 119 cm³/mol. The number of hydrogen-bond donors (Lipinski definition) is 1. The Morgan fingerprint density at radius 1 is 1.00 bits per heavy atom. The third kappa shape index (κ3) is 5.30. The molecule has 4 rings (SSSR count). The quantitative estimate of drug-likeness (QED) is 0.619. The van der Waals surface area contributed by atoms with Gasteiger partial charge in [0.25, 0.3) is 15.9 Å². The van der Waals surface area contributed by atoms with Crippen molar-refractivity contribution in [3.05, 3.63) is 90.0 Å². The van der Waals surface area contributed by atoms with Crippen LogP contribution in [0.2, 0.25) is 0 Å². The molecule has 0 saturated carbocycles. The van der Waals surface area contributed by atoms with Gasteiger partial charge in [-0.1, -0.05) is 12.1 Å². The van der Waals surface area contributed by atoms with Gasteiger partial charge in [-0.05, 0) is 54.1 Å². The number of anilines is 1. The molecule has 0 radical (unpaired) electrons. The normalized spacial score (nSPS) is 14.8. The highest BCUT2D eigenvalue weighted by atomic mass is 32.2. The summed E-state index contributed by atoms with van der Waals surface area (Å²) < 4.78 is 40.6. The van der Waals surface area contributed by atoms with Crippen molar-refractivity contribution in [1.29, 1.82) is 0 Å². The smallest absolute Gasteiger partial charge is 0.261 e. The Morgan fingerprint density at radius 2 is 1.75 bits per heavy atom. The van der Waals surface area contributed by atoms with E-state index in [1.54, 1.807) is 23.2 Å². The minimum Gasteiger partial charge on any atom is -0.336 e. The lowest BCUT2D eigenvalue weighted by molar-refractivity contribution is 0.0628. The van der Waals surface area contributed by atoms with Gasteiger partial charge in [-0.3, -0.25) is 19.4 Å². The first-order valence-electron chi connectivity index (χ1n) is 10.2. The summed E-state index contributed by atoms with van der Waals surface area (Å²) in [5, 5.41) is 0. The first-order chi connectivity index (χ1) is 15.4. The van der Waals surface area contributed by atoms with Crippen LogP contribution < -0.4 is 4.72 Å². The second kappa shape index (κ2) is 9.46. The Kier molecular flexibility index (Phi) is 6.48. The fourth-order valence-corrected chi connectivity index (χ4v) is 4.66. The van der Waals surface area contributed by atoms with Gasteiger partial charge in [0.15, 0.2) is 0 Å². The van der Waals surface area contributed by atoms with Crippen molar-refractivity contribution in [1.82, 2.24) is 14.8 Å². The van der Waals surface area contributed by atoms with Crippen LogP contribution in [0.5, 0.6) is 0 Å². The number of benzene rings is 2. The average molecular weight is 455 g/mol. The van der Waals surface area contributed by atoms with E-state index < -0.39 is 15.8 Å². The number of halogens is 1. The van der Waals surface area contributed by atoms with Crippen molar-refractivity contribution >= 4 is 21.6 Å². The molecule has 1 amide bonds. The number of amides is 1. The molecule has 166 valence electrons. The van der Waals surface area contributed by atoms with Gasteiger partial charge in [0.1, 0.15) is 5.82 Å². The number of nitrogens with one attached hydrogen (secondary N) is 1. The molecule has 1 fully saturated rings. The van der Waals surface area contributed by atoms with Gasteiger partial charge in [-0.15, -0.1) is 0 Å². The Labute approximate surface area is 186 Å². The maximum Gasteiger partial charge on any atom is 0.261 e. The van der Waals surface area contributed by atoms with Gasteiger partial charge in [-0.25, -0.2) is 12.8 Å². The highest BCUT2D eigenvalue weighted by Gasteiger charge is 2.22. The molecule has 1 saturated heterocycles. The monoisotopic (exact) mass is 454 g/mol. The maximum atomic E-state index is 13.3. The second-order valence-corrected chi connectivity index (χ2v) is 9.25. The van der Waals surface area contributed by atoms with Crippen LogP contribution in [-0.2, 0) is 16.6 Å². The van der Waals surface area contributed by atoms with Gasteiger partial charge in [-0.2, -0.15) is 0 Å². The average Bonchev–Trinajstić information content (AvgIpc) is 2.80. The van der Waals surface area contributed by atoms with Gasteiger partial charge >= 0.3 is 0 Å². The molecule has 1 aliphatic heterocycles. The molecule has 3 aromatic rings. The van der Waals surface area contributed by atoms with Gasteiger partial charge in [0.2, 0.25) is 0 Å². The summed E-state index contributed by atoms with van der Waals surface area (Å²) in [6, 6.07) is 15.0. The lowest BCUT2D eigenvalue weighted by Gasteiger charge is -2.34. The number of piperazine rings is 1. The summed E-state index contributed by atoms with van der Waals surface area (Å²) in [6.07, 6.45) is 3.60. The minimum absolute atomic E-state index is 0.0921. The summed E-state index contributed by atoms with van der Waals surface area (Å²) in [6.45, 7) is 3.58. The summed E-state index contributed by atoms with van der Waals surface area (Å²) >= 11 is 0. The first-order valence-corrected chi connectivity index (χ1v) is 11.7. The molecule has 1 N–H and O–H groups in total. The van der Waals surface area contributed by atoms with Crippen LogP contribution in [0.25, 0.3) is 0 Å². The highest BCUT2D eigenvalue weighted by Crippen LogP contribution is 2.19. The number of sulfonamides is 1. The standard InChI is InChI=1S/C23H23FN4O3S/c24-20-4-1-5-22(15-20)32(30,31)26-21-8-6-19(7-9-21)23(29)28-13-11-27(12-14-28)17-18-3-2-10-25-16-18/h1-10,15-16,26H,11-14,17H2. The number of nitrogens with zero attached hydrogens (tertiary/aromatic N) is 3. The number of pyridine rings is 1. The van der Waals surface area contributed by atoms with Crippen LogP contribution in [0, 0.1) is 5.82 Å². The molecule has 1 aromatic heterocycles. The SMILES string of the molecule is O=C(c1ccc(NS(=O)(=O)c2cccc(F)c2)cc1)N1CCN(Cc2cccnc2)CC1. The molecule has 7 nitrogen and oxygen atoms in total. The van der Waals surface area contributed by atoms with Crippen LogP contribution in [-0.4, -0.2) is 55.3 Å². The van der Waals surface area contributed by atoms with E-state index in [0.29, 0.717) is 24.3 Å². The number of hydrogen-bond acceptors (Lipinski definition) is 5. The maximum absolute atomic E-state index is 13.3. The fourth-order valence-electron chi connectivity index (χ4n) is 3.57. The van der Waals surface area contributed by atoms with E-state index in [0.717, 1.165) is 31.3 Å². The lowest BCUT2D eigenvalue weighted by Crippen LogP contribution is -2.48. The van der Waals surface area contributed by atoms with Crippen LogP contribution in [0.4, 0.5) is 10.1 Å². The van der Waals surface area contributed by atoms with E-state index in [2.05, 4.69) is 14.6 Å². The highest BCUT2D eigenvalue weighted by molar-refractivity contribution is 7.92. The molecule has 9 heteroatoms. The van der Waals surface area contributed by atoms with Gasteiger partial charge in [0, 0.05) is 56.4 Å². The minimum atomic E-state index is -3.92. The van der Waals surface area contributed by atoms with E-state index in [1.807, 2.05) is 18.3 Å². The van der Waals surface area contributed by atoms with E-state index in [4.69, 9.17) is 0 Å². The summed E-state index contributed by atoms with van der Waals surface area (Å²) in [7, 11) is -3.92. The molecule has 32 heavy (non-hydrogen) atoms. The molecule has 1 aliphatic rings. The molecular weight excluding hydrogens is 431 g/mol. The zero-order chi connectivity index (χ0) is 22.6. The van der Waals surface area contributed by atoms with E-state index >= 15 is 0 Å². The first kappa shape index (κ1) is 21.9. The molecule has 2 aromatic carbocycles.